The van der Waals surface area contributed by atoms with Gasteiger partial charge in [0, 0.05) is 19.1 Å². The van der Waals surface area contributed by atoms with Gasteiger partial charge in [-0.15, -0.1) is 6.58 Å². The summed E-state index contributed by atoms with van der Waals surface area (Å²) in [6.07, 6.45) is 0.850. The lowest BCUT2D eigenvalue weighted by Crippen LogP contribution is -2.50. The van der Waals surface area contributed by atoms with E-state index in [1.165, 1.54) is 0 Å². The van der Waals surface area contributed by atoms with E-state index in [4.69, 9.17) is 9.84 Å². The van der Waals surface area contributed by atoms with Crippen LogP contribution < -0.4 is 0 Å². The van der Waals surface area contributed by atoms with E-state index in [1.54, 1.807) is 6.08 Å². The van der Waals surface area contributed by atoms with Crippen molar-refractivity contribution in [2.75, 3.05) is 19.7 Å². The van der Waals surface area contributed by atoms with E-state index in [2.05, 4.69) is 11.5 Å². The number of nitrogens with zero attached hydrogens (tertiary/aromatic N) is 1. The standard InChI is InChI=1S/C12H21NO4/c1-2-3-8-12-11(16)10(15)9(17-12)4-5-13(8)6-7-14/h2,8-12,14-16H,1,3-7H2/t8-,9-,10-,11-,12+/m0/s1. The number of fused-ring (bicyclic) bond motifs is 2. The molecule has 0 aromatic carbocycles. The molecule has 2 fully saturated rings. The Balaban J connectivity index is 2.16. The third-order valence-corrected chi connectivity index (χ3v) is 3.74. The van der Waals surface area contributed by atoms with Crippen LogP contribution in [0.15, 0.2) is 12.7 Å². The van der Waals surface area contributed by atoms with Gasteiger partial charge in [0.1, 0.15) is 18.3 Å². The van der Waals surface area contributed by atoms with Crippen molar-refractivity contribution in [1.29, 1.82) is 0 Å². The molecule has 17 heavy (non-hydrogen) atoms. The van der Waals surface area contributed by atoms with Crippen molar-refractivity contribution in [3.8, 4) is 0 Å². The number of likely N-dealkylation sites (tertiary alicyclic amines) is 1. The third-order valence-electron chi connectivity index (χ3n) is 3.74. The number of hydrogen-bond acceptors (Lipinski definition) is 5. The van der Waals surface area contributed by atoms with Crippen LogP contribution in [-0.4, -0.2) is 70.4 Å². The van der Waals surface area contributed by atoms with E-state index in [1.807, 2.05) is 0 Å². The van der Waals surface area contributed by atoms with Crippen molar-refractivity contribution >= 4 is 0 Å². The van der Waals surface area contributed by atoms with Crippen molar-refractivity contribution < 1.29 is 20.1 Å². The van der Waals surface area contributed by atoms with E-state index in [0.717, 1.165) is 6.54 Å². The molecule has 2 bridgehead atoms. The molecule has 5 heteroatoms. The SMILES string of the molecule is C=CC[C@H]1[C@H]2O[C@@H](CCN1CCO)[C@H](O)[C@@H]2O. The first-order chi connectivity index (χ1) is 8.19. The molecule has 0 amide bonds. The lowest BCUT2D eigenvalue weighted by molar-refractivity contribution is -0.0266. The van der Waals surface area contributed by atoms with Crippen molar-refractivity contribution in [3.63, 3.8) is 0 Å². The first-order valence-electron chi connectivity index (χ1n) is 6.16. The number of hydrogen-bond donors (Lipinski definition) is 3. The fourth-order valence-corrected chi connectivity index (χ4v) is 2.86. The van der Waals surface area contributed by atoms with Gasteiger partial charge in [-0.1, -0.05) is 6.08 Å². The molecule has 0 aliphatic carbocycles. The topological polar surface area (TPSA) is 73.2 Å². The Labute approximate surface area is 101 Å². The van der Waals surface area contributed by atoms with Gasteiger partial charge in [-0.3, -0.25) is 4.90 Å². The molecule has 2 rings (SSSR count). The number of aliphatic hydroxyl groups excluding tert-OH is 3. The smallest absolute Gasteiger partial charge is 0.110 e. The minimum Gasteiger partial charge on any atom is -0.395 e. The second-order valence-corrected chi connectivity index (χ2v) is 4.76. The maximum absolute atomic E-state index is 9.98. The van der Waals surface area contributed by atoms with Crippen LogP contribution in [0.25, 0.3) is 0 Å². The van der Waals surface area contributed by atoms with Crippen molar-refractivity contribution in [3.05, 3.63) is 12.7 Å². The van der Waals surface area contributed by atoms with E-state index in [9.17, 15) is 10.2 Å². The Hall–Kier alpha value is -0.460. The van der Waals surface area contributed by atoms with Gasteiger partial charge in [-0.25, -0.2) is 0 Å². The molecule has 0 radical (unpaired) electrons. The molecule has 0 aromatic rings. The Morgan fingerprint density at radius 2 is 2.12 bits per heavy atom. The first-order valence-corrected chi connectivity index (χ1v) is 6.16. The highest BCUT2D eigenvalue weighted by atomic mass is 16.5. The molecule has 3 N–H and O–H groups in total. The zero-order valence-electron chi connectivity index (χ0n) is 9.90. The highest BCUT2D eigenvalue weighted by Crippen LogP contribution is 2.32. The summed E-state index contributed by atoms with van der Waals surface area (Å²) >= 11 is 0. The molecule has 0 saturated carbocycles. The molecule has 5 nitrogen and oxygen atoms in total. The van der Waals surface area contributed by atoms with Gasteiger partial charge in [0.25, 0.3) is 0 Å². The monoisotopic (exact) mass is 243 g/mol. The van der Waals surface area contributed by atoms with Crippen LogP contribution in [0.2, 0.25) is 0 Å². The molecule has 5 atom stereocenters. The molecule has 2 saturated heterocycles. The lowest BCUT2D eigenvalue weighted by Gasteiger charge is -2.34. The molecule has 2 aliphatic rings. The van der Waals surface area contributed by atoms with Crippen molar-refractivity contribution in [1.82, 2.24) is 4.90 Å². The van der Waals surface area contributed by atoms with Gasteiger partial charge >= 0.3 is 0 Å². The van der Waals surface area contributed by atoms with Gasteiger partial charge in [0.15, 0.2) is 0 Å². The van der Waals surface area contributed by atoms with Gasteiger partial charge in [-0.05, 0) is 12.8 Å². The van der Waals surface area contributed by atoms with E-state index in [-0.39, 0.29) is 24.9 Å². The summed E-state index contributed by atoms with van der Waals surface area (Å²) in [4.78, 5) is 2.11. The normalized spacial score (nSPS) is 42.4. The molecule has 2 heterocycles. The van der Waals surface area contributed by atoms with Crippen LogP contribution in [0.5, 0.6) is 0 Å². The second-order valence-electron chi connectivity index (χ2n) is 4.76. The molecular weight excluding hydrogens is 222 g/mol. The number of β-amino-alcohol motifs (C(OH)–C–C–N with tert-alkyl or cyclic N) is 1. The summed E-state index contributed by atoms with van der Waals surface area (Å²) in [5, 5.41) is 28.9. The Morgan fingerprint density at radius 1 is 1.35 bits per heavy atom. The summed E-state index contributed by atoms with van der Waals surface area (Å²) in [5.74, 6) is 0. The largest absolute Gasteiger partial charge is 0.395 e. The Bertz CT molecular complexity index is 273. The maximum Gasteiger partial charge on any atom is 0.110 e. The van der Waals surface area contributed by atoms with Crippen LogP contribution in [0.1, 0.15) is 12.8 Å². The fourth-order valence-electron chi connectivity index (χ4n) is 2.86. The number of rotatable bonds is 4. The van der Waals surface area contributed by atoms with Crippen LogP contribution in [-0.2, 0) is 4.74 Å². The molecule has 0 aromatic heterocycles. The highest BCUT2D eigenvalue weighted by Gasteiger charge is 2.49. The summed E-state index contributed by atoms with van der Waals surface area (Å²) < 4.78 is 5.72. The average molecular weight is 243 g/mol. The van der Waals surface area contributed by atoms with E-state index >= 15 is 0 Å². The number of aliphatic hydroxyl groups is 3. The van der Waals surface area contributed by atoms with Crippen LogP contribution in [0.4, 0.5) is 0 Å². The van der Waals surface area contributed by atoms with Crippen molar-refractivity contribution in [2.45, 2.75) is 43.3 Å². The second kappa shape index (κ2) is 5.46. The number of ether oxygens (including phenoxy) is 1. The average Bonchev–Trinajstić information content (AvgIpc) is 2.51. The van der Waals surface area contributed by atoms with Crippen LogP contribution >= 0.6 is 0 Å². The van der Waals surface area contributed by atoms with E-state index < -0.39 is 12.2 Å². The predicted octanol–water partition coefficient (Wildman–Crippen LogP) is -0.882. The molecular formula is C12H21NO4. The molecule has 0 spiro atoms. The van der Waals surface area contributed by atoms with Gasteiger partial charge in [0.05, 0.1) is 12.7 Å². The third kappa shape index (κ3) is 2.39. The van der Waals surface area contributed by atoms with Gasteiger partial charge in [-0.2, -0.15) is 0 Å². The molecule has 2 aliphatic heterocycles. The minimum absolute atomic E-state index is 0.0169. The van der Waals surface area contributed by atoms with Gasteiger partial charge < -0.3 is 20.1 Å². The van der Waals surface area contributed by atoms with E-state index in [0.29, 0.717) is 19.4 Å². The van der Waals surface area contributed by atoms with Crippen molar-refractivity contribution in [2.24, 2.45) is 0 Å². The van der Waals surface area contributed by atoms with Crippen LogP contribution in [0.3, 0.4) is 0 Å². The zero-order valence-corrected chi connectivity index (χ0v) is 9.90. The predicted molar refractivity (Wildman–Crippen MR) is 62.6 cm³/mol. The maximum atomic E-state index is 9.98. The summed E-state index contributed by atoms with van der Waals surface area (Å²) in [6.45, 7) is 5.14. The minimum atomic E-state index is -0.841. The summed E-state index contributed by atoms with van der Waals surface area (Å²) in [5.41, 5.74) is 0. The zero-order chi connectivity index (χ0) is 12.4. The lowest BCUT2D eigenvalue weighted by atomic mass is 9.95. The van der Waals surface area contributed by atoms with Crippen LogP contribution in [0, 0.1) is 0 Å². The highest BCUT2D eigenvalue weighted by molar-refractivity contribution is 5.01. The Kier molecular flexibility index (Phi) is 4.17. The quantitative estimate of drug-likeness (QED) is 0.559. The Morgan fingerprint density at radius 3 is 2.76 bits per heavy atom. The molecule has 0 unspecified atom stereocenters. The van der Waals surface area contributed by atoms with Gasteiger partial charge in [0.2, 0.25) is 0 Å². The fraction of sp³-hybridized carbons (Fsp3) is 0.833. The summed E-state index contributed by atoms with van der Waals surface area (Å²) in [6, 6.07) is -0.0169. The first kappa shape index (κ1) is 13.0. The summed E-state index contributed by atoms with van der Waals surface area (Å²) in [7, 11) is 0. The molecule has 98 valence electrons.